The van der Waals surface area contributed by atoms with Gasteiger partial charge in [-0.15, -0.1) is 24.0 Å². The summed E-state index contributed by atoms with van der Waals surface area (Å²) < 4.78 is 36.1. The maximum absolute atomic E-state index is 12.6. The van der Waals surface area contributed by atoms with Crippen LogP contribution in [0.1, 0.15) is 26.2 Å². The Morgan fingerprint density at radius 3 is 2.71 bits per heavy atom. The smallest absolute Gasteiger partial charge is 0.191 e. The Morgan fingerprint density at radius 2 is 2.11 bits per heavy atom. The van der Waals surface area contributed by atoms with Gasteiger partial charge in [0.1, 0.15) is 0 Å². The quantitative estimate of drug-likeness (QED) is 0.211. The molecule has 2 rings (SSSR count). The van der Waals surface area contributed by atoms with Crippen molar-refractivity contribution in [1.82, 2.24) is 10.6 Å². The summed E-state index contributed by atoms with van der Waals surface area (Å²) in [7, 11) is -1.66. The number of benzene rings is 1. The lowest BCUT2D eigenvalue weighted by atomic mass is 10.2. The standard InChI is InChI=1S/C19H31N3O4S.HI/c1-3-16(15-27(23,24)18-8-5-4-6-9-18)22-19(20-2)21-11-7-12-26-17-10-13-25-14-17;/h4-6,8-9,16-17H,3,7,10-15H2,1-2H3,(H2,20,21,22);1H. The third-order valence-electron chi connectivity index (χ3n) is 4.44. The van der Waals surface area contributed by atoms with Gasteiger partial charge < -0.3 is 20.1 Å². The number of sulfone groups is 1. The Balaban J connectivity index is 0.00000392. The Morgan fingerprint density at radius 1 is 1.36 bits per heavy atom. The molecule has 1 aromatic rings. The number of aliphatic imine (C=N–C) groups is 1. The number of rotatable bonds is 10. The SMILES string of the molecule is CCC(CS(=O)(=O)c1ccccc1)NC(=NC)NCCCOC1CCOC1.I. The van der Waals surface area contributed by atoms with Crippen molar-refractivity contribution in [3.63, 3.8) is 0 Å². The topological polar surface area (TPSA) is 89.0 Å². The Hall–Kier alpha value is -0.910. The first kappa shape index (κ1) is 25.1. The van der Waals surface area contributed by atoms with Gasteiger partial charge in [-0.05, 0) is 31.4 Å². The molecular formula is C19H32IN3O4S. The summed E-state index contributed by atoms with van der Waals surface area (Å²) in [6.07, 6.45) is 2.70. The highest BCUT2D eigenvalue weighted by Crippen LogP contribution is 2.12. The second kappa shape index (κ2) is 13.3. The van der Waals surface area contributed by atoms with E-state index in [9.17, 15) is 8.42 Å². The van der Waals surface area contributed by atoms with Crippen molar-refractivity contribution < 1.29 is 17.9 Å². The zero-order valence-corrected chi connectivity index (χ0v) is 19.7. The molecule has 0 bridgehead atoms. The largest absolute Gasteiger partial charge is 0.379 e. The molecule has 2 atom stereocenters. The van der Waals surface area contributed by atoms with E-state index in [2.05, 4.69) is 15.6 Å². The fraction of sp³-hybridized carbons (Fsp3) is 0.632. The molecule has 0 spiro atoms. The van der Waals surface area contributed by atoms with Crippen LogP contribution in [0.15, 0.2) is 40.2 Å². The van der Waals surface area contributed by atoms with E-state index in [0.29, 0.717) is 37.0 Å². The minimum Gasteiger partial charge on any atom is -0.379 e. The minimum atomic E-state index is -3.34. The second-order valence-corrected chi connectivity index (χ2v) is 8.59. The molecule has 1 heterocycles. The monoisotopic (exact) mass is 525 g/mol. The summed E-state index contributed by atoms with van der Waals surface area (Å²) in [5, 5.41) is 6.43. The number of ether oxygens (including phenoxy) is 2. The van der Waals surface area contributed by atoms with Gasteiger partial charge in [-0.25, -0.2) is 8.42 Å². The molecule has 0 saturated carbocycles. The summed E-state index contributed by atoms with van der Waals surface area (Å²) in [6, 6.07) is 8.33. The molecule has 0 amide bonds. The second-order valence-electron chi connectivity index (χ2n) is 6.55. The van der Waals surface area contributed by atoms with E-state index in [1.807, 2.05) is 13.0 Å². The third-order valence-corrected chi connectivity index (χ3v) is 6.27. The van der Waals surface area contributed by atoms with Gasteiger partial charge in [0.15, 0.2) is 15.8 Å². The van der Waals surface area contributed by atoms with Crippen LogP contribution in [0.4, 0.5) is 0 Å². The molecule has 0 radical (unpaired) electrons. The van der Waals surface area contributed by atoms with Crippen LogP contribution < -0.4 is 10.6 Å². The number of guanidine groups is 1. The van der Waals surface area contributed by atoms with Crippen LogP contribution in [-0.2, 0) is 19.3 Å². The van der Waals surface area contributed by atoms with Crippen molar-refractivity contribution in [2.75, 3.05) is 39.2 Å². The van der Waals surface area contributed by atoms with Crippen LogP contribution in [0.3, 0.4) is 0 Å². The first-order valence-corrected chi connectivity index (χ1v) is 11.1. The molecule has 9 heteroatoms. The van der Waals surface area contributed by atoms with Gasteiger partial charge in [0.25, 0.3) is 0 Å². The van der Waals surface area contributed by atoms with E-state index >= 15 is 0 Å². The third kappa shape index (κ3) is 8.62. The van der Waals surface area contributed by atoms with E-state index in [-0.39, 0.29) is 41.9 Å². The van der Waals surface area contributed by atoms with Gasteiger partial charge in [0, 0.05) is 32.8 Å². The lowest BCUT2D eigenvalue weighted by molar-refractivity contribution is 0.0420. The summed E-state index contributed by atoms with van der Waals surface area (Å²) in [5.74, 6) is 0.633. The predicted molar refractivity (Wildman–Crippen MR) is 122 cm³/mol. The van der Waals surface area contributed by atoms with Gasteiger partial charge in [-0.3, -0.25) is 4.99 Å². The molecule has 1 aromatic carbocycles. The molecule has 1 aliphatic heterocycles. The van der Waals surface area contributed by atoms with E-state index in [1.54, 1.807) is 31.3 Å². The summed E-state index contributed by atoms with van der Waals surface area (Å²) >= 11 is 0. The predicted octanol–water partition coefficient (Wildman–Crippen LogP) is 2.22. The van der Waals surface area contributed by atoms with E-state index in [1.165, 1.54) is 0 Å². The van der Waals surface area contributed by atoms with E-state index in [0.717, 1.165) is 19.4 Å². The highest BCUT2D eigenvalue weighted by Gasteiger charge is 2.21. The highest BCUT2D eigenvalue weighted by atomic mass is 127. The van der Waals surface area contributed by atoms with Gasteiger partial charge in [-0.2, -0.15) is 0 Å². The number of nitrogens with one attached hydrogen (secondary N) is 2. The zero-order chi connectivity index (χ0) is 19.5. The van der Waals surface area contributed by atoms with Crippen molar-refractivity contribution in [2.24, 2.45) is 4.99 Å². The van der Waals surface area contributed by atoms with Crippen LogP contribution in [0.5, 0.6) is 0 Å². The van der Waals surface area contributed by atoms with Crippen LogP contribution in [0.25, 0.3) is 0 Å². The summed E-state index contributed by atoms with van der Waals surface area (Å²) in [5.41, 5.74) is 0. The van der Waals surface area contributed by atoms with Gasteiger partial charge >= 0.3 is 0 Å². The normalized spacial score (nSPS) is 18.4. The van der Waals surface area contributed by atoms with Crippen molar-refractivity contribution in [1.29, 1.82) is 0 Å². The van der Waals surface area contributed by atoms with Gasteiger partial charge in [0.05, 0.1) is 23.4 Å². The molecule has 160 valence electrons. The summed E-state index contributed by atoms with van der Waals surface area (Å²) in [4.78, 5) is 4.54. The maximum atomic E-state index is 12.6. The Labute approximate surface area is 185 Å². The molecule has 7 nitrogen and oxygen atoms in total. The first-order valence-electron chi connectivity index (χ1n) is 9.49. The lowest BCUT2D eigenvalue weighted by Crippen LogP contribution is -2.46. The Kier molecular flexibility index (Phi) is 12.0. The van der Waals surface area contributed by atoms with Crippen LogP contribution in [0, 0.1) is 0 Å². The van der Waals surface area contributed by atoms with E-state index in [4.69, 9.17) is 9.47 Å². The van der Waals surface area contributed by atoms with Crippen molar-refractivity contribution in [3.8, 4) is 0 Å². The molecule has 1 saturated heterocycles. The summed E-state index contributed by atoms with van der Waals surface area (Å²) in [6.45, 7) is 4.80. The number of halogens is 1. The molecule has 0 aromatic heterocycles. The molecule has 2 N–H and O–H groups in total. The molecule has 0 aliphatic carbocycles. The molecule has 1 aliphatic rings. The van der Waals surface area contributed by atoms with E-state index < -0.39 is 9.84 Å². The molecule has 1 fully saturated rings. The fourth-order valence-corrected chi connectivity index (χ4v) is 4.42. The first-order chi connectivity index (χ1) is 13.0. The average molecular weight is 525 g/mol. The maximum Gasteiger partial charge on any atom is 0.191 e. The number of hydrogen-bond acceptors (Lipinski definition) is 5. The molecular weight excluding hydrogens is 493 g/mol. The lowest BCUT2D eigenvalue weighted by Gasteiger charge is -2.20. The van der Waals surface area contributed by atoms with Crippen LogP contribution in [0.2, 0.25) is 0 Å². The Bertz CT molecular complexity index is 680. The average Bonchev–Trinajstić information content (AvgIpc) is 3.20. The molecule has 28 heavy (non-hydrogen) atoms. The highest BCUT2D eigenvalue weighted by molar-refractivity contribution is 14.0. The minimum absolute atomic E-state index is 0. The number of nitrogens with zero attached hydrogens (tertiary/aromatic N) is 1. The number of hydrogen-bond donors (Lipinski definition) is 2. The van der Waals surface area contributed by atoms with Crippen molar-refractivity contribution in [3.05, 3.63) is 30.3 Å². The fourth-order valence-electron chi connectivity index (χ4n) is 2.81. The van der Waals surface area contributed by atoms with Gasteiger partial charge in [-0.1, -0.05) is 25.1 Å². The van der Waals surface area contributed by atoms with Crippen molar-refractivity contribution >= 4 is 39.8 Å². The molecule has 2 unspecified atom stereocenters. The van der Waals surface area contributed by atoms with Crippen molar-refractivity contribution in [2.45, 2.75) is 43.2 Å². The van der Waals surface area contributed by atoms with Gasteiger partial charge in [0.2, 0.25) is 0 Å². The van der Waals surface area contributed by atoms with Crippen LogP contribution in [-0.4, -0.2) is 65.7 Å². The zero-order valence-electron chi connectivity index (χ0n) is 16.6. The van der Waals surface area contributed by atoms with Crippen LogP contribution >= 0.6 is 24.0 Å².